The number of hydrogen-bond acceptors (Lipinski definition) is 3. The third-order valence-corrected chi connectivity index (χ3v) is 4.97. The molecule has 0 amide bonds. The molecule has 0 bridgehead atoms. The lowest BCUT2D eigenvalue weighted by atomic mass is 10.0. The van der Waals surface area contributed by atoms with E-state index < -0.39 is 0 Å². The second-order valence-electron chi connectivity index (χ2n) is 4.33. The van der Waals surface area contributed by atoms with Crippen molar-refractivity contribution in [3.05, 3.63) is 39.3 Å². The van der Waals surface area contributed by atoms with Crippen molar-refractivity contribution in [2.24, 2.45) is 0 Å². The van der Waals surface area contributed by atoms with E-state index in [0.717, 1.165) is 22.6 Å². The molecule has 17 heavy (non-hydrogen) atoms. The van der Waals surface area contributed by atoms with Crippen LogP contribution < -0.4 is 5.32 Å². The van der Waals surface area contributed by atoms with Gasteiger partial charge in [-0.1, -0.05) is 28.1 Å². The van der Waals surface area contributed by atoms with E-state index in [1.54, 1.807) is 0 Å². The molecule has 2 aromatic rings. The lowest BCUT2D eigenvalue weighted by Gasteiger charge is -2.26. The zero-order chi connectivity index (χ0) is 11.8. The molecule has 1 aliphatic rings. The minimum atomic E-state index is 0.677. The van der Waals surface area contributed by atoms with Crippen LogP contribution in [0, 0.1) is 6.92 Å². The first-order valence-electron chi connectivity index (χ1n) is 5.68. The number of nitrogens with zero attached hydrogens (tertiary/aromatic N) is 1. The van der Waals surface area contributed by atoms with Gasteiger partial charge in [-0.25, -0.2) is 4.98 Å². The lowest BCUT2D eigenvalue weighted by Crippen LogP contribution is -2.39. The van der Waals surface area contributed by atoms with Crippen LogP contribution in [0.2, 0.25) is 0 Å². The summed E-state index contributed by atoms with van der Waals surface area (Å²) in [6.45, 7) is 4.32. The maximum Gasteiger partial charge on any atom is 0.123 e. The molecule has 1 aromatic heterocycles. The lowest BCUT2D eigenvalue weighted by molar-refractivity contribution is 0.452. The summed E-state index contributed by atoms with van der Waals surface area (Å²) in [6, 6.07) is 8.36. The molecule has 3 rings (SSSR count). The highest BCUT2D eigenvalue weighted by atomic mass is 79.9. The van der Waals surface area contributed by atoms with Crippen molar-refractivity contribution < 1.29 is 0 Å². The predicted molar refractivity (Wildman–Crippen MR) is 75.6 cm³/mol. The number of halogens is 1. The Morgan fingerprint density at radius 2 is 2.00 bits per heavy atom. The van der Waals surface area contributed by atoms with E-state index in [4.69, 9.17) is 0 Å². The van der Waals surface area contributed by atoms with Crippen LogP contribution in [-0.4, -0.2) is 18.1 Å². The third-order valence-electron chi connectivity index (χ3n) is 3.08. The standard InChI is InChI=1S/C13H13BrN2S/c1-8-12(10-6-15-7-10)17-13(16-8)9-2-4-11(14)5-3-9/h2-5,10,15H,6-7H2,1H3. The molecule has 0 aliphatic carbocycles. The predicted octanol–water partition coefficient (Wildman–Crippen LogP) is 3.57. The Hall–Kier alpha value is -0.710. The van der Waals surface area contributed by atoms with Gasteiger partial charge in [-0.05, 0) is 19.1 Å². The fraction of sp³-hybridized carbons (Fsp3) is 0.308. The second kappa shape index (κ2) is 4.52. The number of benzene rings is 1. The van der Waals surface area contributed by atoms with Crippen molar-refractivity contribution in [3.63, 3.8) is 0 Å². The van der Waals surface area contributed by atoms with E-state index in [1.165, 1.54) is 16.1 Å². The summed E-state index contributed by atoms with van der Waals surface area (Å²) in [5.74, 6) is 0.677. The minimum Gasteiger partial charge on any atom is -0.315 e. The van der Waals surface area contributed by atoms with Crippen LogP contribution in [0.25, 0.3) is 10.6 Å². The number of thiazole rings is 1. The molecule has 1 aliphatic heterocycles. The Labute approximate surface area is 113 Å². The molecule has 1 N–H and O–H groups in total. The molecule has 2 heterocycles. The van der Waals surface area contributed by atoms with E-state index in [2.05, 4.69) is 57.4 Å². The molecule has 0 spiro atoms. The first kappa shape index (κ1) is 11.4. The van der Waals surface area contributed by atoms with Gasteiger partial charge in [-0.2, -0.15) is 0 Å². The molecule has 1 aromatic carbocycles. The second-order valence-corrected chi connectivity index (χ2v) is 6.28. The van der Waals surface area contributed by atoms with Crippen LogP contribution in [0.3, 0.4) is 0 Å². The SMILES string of the molecule is Cc1nc(-c2ccc(Br)cc2)sc1C1CNC1. The van der Waals surface area contributed by atoms with Gasteiger partial charge in [-0.3, -0.25) is 0 Å². The summed E-state index contributed by atoms with van der Waals surface area (Å²) in [6.07, 6.45) is 0. The number of rotatable bonds is 2. The van der Waals surface area contributed by atoms with E-state index in [9.17, 15) is 0 Å². The summed E-state index contributed by atoms with van der Waals surface area (Å²) in [5, 5.41) is 4.45. The molecule has 1 saturated heterocycles. The molecule has 0 atom stereocenters. The molecule has 4 heteroatoms. The highest BCUT2D eigenvalue weighted by molar-refractivity contribution is 9.10. The summed E-state index contributed by atoms with van der Waals surface area (Å²) >= 11 is 5.29. The maximum atomic E-state index is 4.69. The van der Waals surface area contributed by atoms with Gasteiger partial charge in [0.25, 0.3) is 0 Å². The quantitative estimate of drug-likeness (QED) is 0.917. The van der Waals surface area contributed by atoms with Crippen LogP contribution >= 0.6 is 27.3 Å². The fourth-order valence-corrected chi connectivity index (χ4v) is 3.41. The van der Waals surface area contributed by atoms with Crippen LogP contribution in [0.15, 0.2) is 28.7 Å². The molecule has 0 unspecified atom stereocenters. The number of aryl methyl sites for hydroxylation is 1. The Bertz CT molecular complexity index is 529. The van der Waals surface area contributed by atoms with E-state index in [-0.39, 0.29) is 0 Å². The highest BCUT2D eigenvalue weighted by Gasteiger charge is 2.24. The molecule has 88 valence electrons. The Morgan fingerprint density at radius 1 is 1.29 bits per heavy atom. The van der Waals surface area contributed by atoms with Gasteiger partial charge in [-0.15, -0.1) is 11.3 Å². The van der Waals surface area contributed by atoms with Gasteiger partial charge in [0.15, 0.2) is 0 Å². The largest absolute Gasteiger partial charge is 0.315 e. The summed E-state index contributed by atoms with van der Waals surface area (Å²) < 4.78 is 1.11. The Balaban J connectivity index is 1.95. The Kier molecular flexibility index (Phi) is 3.03. The smallest absolute Gasteiger partial charge is 0.123 e. The number of aromatic nitrogens is 1. The summed E-state index contributed by atoms with van der Waals surface area (Å²) in [5.41, 5.74) is 2.40. The summed E-state index contributed by atoms with van der Waals surface area (Å²) in [7, 11) is 0. The van der Waals surface area contributed by atoms with Crippen LogP contribution in [0.5, 0.6) is 0 Å². The maximum absolute atomic E-state index is 4.69. The average molecular weight is 309 g/mol. The first-order chi connectivity index (χ1) is 8.24. The van der Waals surface area contributed by atoms with Crippen molar-refractivity contribution in [1.82, 2.24) is 10.3 Å². The zero-order valence-electron chi connectivity index (χ0n) is 9.53. The van der Waals surface area contributed by atoms with Crippen LogP contribution in [-0.2, 0) is 0 Å². The van der Waals surface area contributed by atoms with Gasteiger partial charge in [0, 0.05) is 33.9 Å². The molecule has 0 radical (unpaired) electrons. The van der Waals surface area contributed by atoms with E-state index >= 15 is 0 Å². The van der Waals surface area contributed by atoms with Gasteiger partial charge in [0.2, 0.25) is 0 Å². The first-order valence-corrected chi connectivity index (χ1v) is 7.29. The summed E-state index contributed by atoms with van der Waals surface area (Å²) in [4.78, 5) is 6.13. The Morgan fingerprint density at radius 3 is 2.59 bits per heavy atom. The topological polar surface area (TPSA) is 24.9 Å². The van der Waals surface area contributed by atoms with Gasteiger partial charge >= 0.3 is 0 Å². The van der Waals surface area contributed by atoms with Gasteiger partial charge < -0.3 is 5.32 Å². The number of hydrogen-bond donors (Lipinski definition) is 1. The number of nitrogens with one attached hydrogen (secondary N) is 1. The van der Waals surface area contributed by atoms with Crippen molar-refractivity contribution in [2.45, 2.75) is 12.8 Å². The van der Waals surface area contributed by atoms with Crippen LogP contribution in [0.4, 0.5) is 0 Å². The molecule has 2 nitrogen and oxygen atoms in total. The monoisotopic (exact) mass is 308 g/mol. The zero-order valence-corrected chi connectivity index (χ0v) is 11.9. The minimum absolute atomic E-state index is 0.677. The third kappa shape index (κ3) is 2.17. The highest BCUT2D eigenvalue weighted by Crippen LogP contribution is 2.34. The van der Waals surface area contributed by atoms with Crippen LogP contribution in [0.1, 0.15) is 16.5 Å². The van der Waals surface area contributed by atoms with Gasteiger partial charge in [0.1, 0.15) is 5.01 Å². The van der Waals surface area contributed by atoms with Gasteiger partial charge in [0.05, 0.1) is 5.69 Å². The fourth-order valence-electron chi connectivity index (χ4n) is 1.98. The normalized spacial score (nSPS) is 15.9. The van der Waals surface area contributed by atoms with Crippen molar-refractivity contribution in [1.29, 1.82) is 0 Å². The average Bonchev–Trinajstić information content (AvgIpc) is 2.60. The van der Waals surface area contributed by atoms with Crippen molar-refractivity contribution in [2.75, 3.05) is 13.1 Å². The van der Waals surface area contributed by atoms with Crippen molar-refractivity contribution in [3.8, 4) is 10.6 Å². The molecule has 0 saturated carbocycles. The van der Waals surface area contributed by atoms with E-state index in [1.807, 2.05) is 11.3 Å². The van der Waals surface area contributed by atoms with E-state index in [0.29, 0.717) is 5.92 Å². The molecular formula is C13H13BrN2S. The van der Waals surface area contributed by atoms with Crippen molar-refractivity contribution >= 4 is 27.3 Å². The molecule has 1 fully saturated rings. The molecular weight excluding hydrogens is 296 g/mol.